The van der Waals surface area contributed by atoms with E-state index < -0.39 is 12.0 Å². The van der Waals surface area contributed by atoms with Crippen LogP contribution in [0, 0.1) is 5.92 Å². The van der Waals surface area contributed by atoms with Crippen molar-refractivity contribution in [1.29, 1.82) is 0 Å². The Hall–Kier alpha value is -0.910. The van der Waals surface area contributed by atoms with E-state index in [1.807, 2.05) is 27.7 Å². The zero-order chi connectivity index (χ0) is 14.6. The highest BCUT2D eigenvalue weighted by atomic mass is 32.2. The molecule has 1 heterocycles. The Morgan fingerprint density at radius 2 is 2.05 bits per heavy atom. The summed E-state index contributed by atoms with van der Waals surface area (Å²) >= 11 is 1.56. The first-order valence-corrected chi connectivity index (χ1v) is 7.86. The van der Waals surface area contributed by atoms with Gasteiger partial charge in [-0.25, -0.2) is 9.59 Å². The molecule has 1 rings (SSSR count). The summed E-state index contributed by atoms with van der Waals surface area (Å²) in [6.45, 7) is 8.04. The summed E-state index contributed by atoms with van der Waals surface area (Å²) in [5, 5.41) is 12.1. The van der Waals surface area contributed by atoms with E-state index in [4.69, 9.17) is 0 Å². The molecule has 0 spiro atoms. The minimum absolute atomic E-state index is 0.0227. The minimum atomic E-state index is -0.918. The number of nitrogens with one attached hydrogen (secondary N) is 1. The molecule has 0 saturated carbocycles. The summed E-state index contributed by atoms with van der Waals surface area (Å²) in [5.74, 6) is -0.116. The molecule has 1 fully saturated rings. The van der Waals surface area contributed by atoms with Gasteiger partial charge >= 0.3 is 12.0 Å². The van der Waals surface area contributed by atoms with Gasteiger partial charge in [-0.15, -0.1) is 11.8 Å². The van der Waals surface area contributed by atoms with Crippen LogP contribution in [-0.4, -0.2) is 45.2 Å². The summed E-state index contributed by atoms with van der Waals surface area (Å²) in [4.78, 5) is 25.1. The van der Waals surface area contributed by atoms with Gasteiger partial charge in [0.05, 0.1) is 5.37 Å². The normalized spacial score (nSPS) is 24.6. The van der Waals surface area contributed by atoms with Crippen LogP contribution in [-0.2, 0) is 4.79 Å². The molecule has 1 aliphatic rings. The first-order chi connectivity index (χ1) is 8.88. The van der Waals surface area contributed by atoms with Crippen molar-refractivity contribution in [3.63, 3.8) is 0 Å². The molecule has 0 bridgehead atoms. The van der Waals surface area contributed by atoms with Crippen LogP contribution in [0.2, 0.25) is 0 Å². The van der Waals surface area contributed by atoms with Gasteiger partial charge in [0.15, 0.2) is 0 Å². The van der Waals surface area contributed by atoms with E-state index in [9.17, 15) is 14.7 Å². The lowest BCUT2D eigenvalue weighted by Gasteiger charge is -2.29. The van der Waals surface area contributed by atoms with Crippen molar-refractivity contribution >= 4 is 23.8 Å². The molecular weight excluding hydrogens is 264 g/mol. The lowest BCUT2D eigenvalue weighted by molar-refractivity contribution is -0.141. The van der Waals surface area contributed by atoms with Gasteiger partial charge in [-0.2, -0.15) is 0 Å². The molecule has 0 radical (unpaired) electrons. The predicted molar refractivity (Wildman–Crippen MR) is 77.2 cm³/mol. The summed E-state index contributed by atoms with van der Waals surface area (Å²) < 4.78 is 0. The summed E-state index contributed by atoms with van der Waals surface area (Å²) in [7, 11) is 0. The van der Waals surface area contributed by atoms with Crippen molar-refractivity contribution in [3.05, 3.63) is 0 Å². The predicted octanol–water partition coefficient (Wildman–Crippen LogP) is 2.37. The van der Waals surface area contributed by atoms with Gasteiger partial charge in [0, 0.05) is 11.8 Å². The number of hydrogen-bond acceptors (Lipinski definition) is 3. The van der Waals surface area contributed by atoms with Gasteiger partial charge in [-0.3, -0.25) is 4.90 Å². The maximum absolute atomic E-state index is 12.3. The molecule has 110 valence electrons. The van der Waals surface area contributed by atoms with Crippen LogP contribution < -0.4 is 5.32 Å². The summed E-state index contributed by atoms with van der Waals surface area (Å²) in [6.07, 6.45) is 1.77. The van der Waals surface area contributed by atoms with E-state index in [0.29, 0.717) is 11.7 Å². The second-order valence-corrected chi connectivity index (χ2v) is 6.53. The smallest absolute Gasteiger partial charge is 0.327 e. The van der Waals surface area contributed by atoms with Gasteiger partial charge in [0.25, 0.3) is 0 Å². The average molecular weight is 288 g/mol. The van der Waals surface area contributed by atoms with E-state index in [1.165, 1.54) is 4.90 Å². The first kappa shape index (κ1) is 16.1. The maximum Gasteiger partial charge on any atom is 0.327 e. The number of amides is 2. The molecular formula is C13H24N2O3S. The van der Waals surface area contributed by atoms with Crippen LogP contribution in [0.4, 0.5) is 4.79 Å². The Morgan fingerprint density at radius 1 is 1.42 bits per heavy atom. The largest absolute Gasteiger partial charge is 0.480 e. The maximum atomic E-state index is 12.3. The molecule has 19 heavy (non-hydrogen) atoms. The molecule has 0 aromatic heterocycles. The van der Waals surface area contributed by atoms with Gasteiger partial charge in [0.1, 0.15) is 6.04 Å². The second kappa shape index (κ2) is 7.03. The molecule has 0 aromatic rings. The number of thioether (sulfide) groups is 1. The van der Waals surface area contributed by atoms with Crippen LogP contribution in [0.3, 0.4) is 0 Å². The van der Waals surface area contributed by atoms with Crippen LogP contribution >= 0.6 is 11.8 Å². The molecule has 0 aliphatic carbocycles. The molecule has 3 unspecified atom stereocenters. The summed E-state index contributed by atoms with van der Waals surface area (Å²) in [5.41, 5.74) is 0. The number of aliphatic carboxylic acids is 1. The third kappa shape index (κ3) is 4.03. The number of urea groups is 1. The Morgan fingerprint density at radius 3 is 2.53 bits per heavy atom. The standard InChI is InChI=1S/C13H24N2O3S/c1-5-6-11-15(10(7-19-11)12(16)17)13(18)14-9(4)8(2)3/h8-11H,5-7H2,1-4H3,(H,14,18)(H,16,17). The SMILES string of the molecule is CCCC1SCC(C(=O)O)N1C(=O)NC(C)C(C)C. The van der Waals surface area contributed by atoms with Crippen LogP contribution in [0.15, 0.2) is 0 Å². The number of carboxylic acids is 1. The average Bonchev–Trinajstić information content (AvgIpc) is 2.73. The molecule has 1 aliphatic heterocycles. The van der Waals surface area contributed by atoms with Gasteiger partial charge in [0.2, 0.25) is 0 Å². The number of rotatable bonds is 5. The topological polar surface area (TPSA) is 69.6 Å². The van der Waals surface area contributed by atoms with Gasteiger partial charge < -0.3 is 10.4 Å². The molecule has 0 aromatic carbocycles. The van der Waals surface area contributed by atoms with Crippen LogP contribution in [0.5, 0.6) is 0 Å². The monoisotopic (exact) mass is 288 g/mol. The first-order valence-electron chi connectivity index (χ1n) is 6.81. The van der Waals surface area contributed by atoms with Crippen molar-refractivity contribution in [2.24, 2.45) is 5.92 Å². The van der Waals surface area contributed by atoms with Gasteiger partial charge in [-0.05, 0) is 19.3 Å². The third-order valence-electron chi connectivity index (χ3n) is 3.50. The number of hydrogen-bond donors (Lipinski definition) is 2. The summed E-state index contributed by atoms with van der Waals surface area (Å²) in [6, 6.07) is -0.923. The van der Waals surface area contributed by atoms with Crippen molar-refractivity contribution in [3.8, 4) is 0 Å². The number of carbonyl (C=O) groups is 2. The van der Waals surface area contributed by atoms with Crippen molar-refractivity contribution in [1.82, 2.24) is 10.2 Å². The van der Waals surface area contributed by atoms with E-state index in [-0.39, 0.29) is 17.4 Å². The zero-order valence-corrected chi connectivity index (χ0v) is 12.9. The highest BCUT2D eigenvalue weighted by molar-refractivity contribution is 8.00. The highest BCUT2D eigenvalue weighted by Gasteiger charge is 2.41. The minimum Gasteiger partial charge on any atom is -0.480 e. The van der Waals surface area contributed by atoms with Crippen molar-refractivity contribution in [2.45, 2.75) is 58.0 Å². The Balaban J connectivity index is 2.77. The fourth-order valence-electron chi connectivity index (χ4n) is 1.93. The number of carboxylic acid groups (broad SMARTS) is 1. The van der Waals surface area contributed by atoms with Gasteiger partial charge in [-0.1, -0.05) is 27.2 Å². The van der Waals surface area contributed by atoms with Crippen LogP contribution in [0.1, 0.15) is 40.5 Å². The zero-order valence-electron chi connectivity index (χ0n) is 12.0. The van der Waals surface area contributed by atoms with E-state index >= 15 is 0 Å². The van der Waals surface area contributed by atoms with Crippen LogP contribution in [0.25, 0.3) is 0 Å². The van der Waals surface area contributed by atoms with E-state index in [2.05, 4.69) is 5.32 Å². The fraction of sp³-hybridized carbons (Fsp3) is 0.846. The third-order valence-corrected chi connectivity index (χ3v) is 4.85. The Kier molecular flexibility index (Phi) is 5.97. The van der Waals surface area contributed by atoms with E-state index in [0.717, 1.165) is 12.8 Å². The molecule has 3 atom stereocenters. The second-order valence-electron chi connectivity index (χ2n) is 5.32. The molecule has 2 amide bonds. The molecule has 2 N–H and O–H groups in total. The highest BCUT2D eigenvalue weighted by Crippen LogP contribution is 2.32. The number of carbonyl (C=O) groups excluding carboxylic acids is 1. The Bertz CT molecular complexity index is 336. The molecule has 1 saturated heterocycles. The fourth-order valence-corrected chi connectivity index (χ4v) is 3.44. The Labute approximate surface area is 119 Å². The quantitative estimate of drug-likeness (QED) is 0.815. The lowest BCUT2D eigenvalue weighted by atomic mass is 10.1. The molecule has 5 nitrogen and oxygen atoms in total. The van der Waals surface area contributed by atoms with E-state index in [1.54, 1.807) is 11.8 Å². The van der Waals surface area contributed by atoms with Crippen molar-refractivity contribution < 1.29 is 14.7 Å². The number of nitrogens with zero attached hydrogens (tertiary/aromatic N) is 1. The lowest BCUT2D eigenvalue weighted by Crippen LogP contribution is -2.52. The van der Waals surface area contributed by atoms with Crippen molar-refractivity contribution in [2.75, 3.05) is 5.75 Å². The molecule has 6 heteroatoms.